The topological polar surface area (TPSA) is 49.8 Å². The van der Waals surface area contributed by atoms with Gasteiger partial charge in [0.2, 0.25) is 0 Å². The zero-order chi connectivity index (χ0) is 12.5. The number of aromatic nitrogens is 2. The molecule has 1 aromatic heterocycles. The van der Waals surface area contributed by atoms with Crippen LogP contribution in [0.4, 0.5) is 11.6 Å². The summed E-state index contributed by atoms with van der Waals surface area (Å²) in [5.41, 5.74) is 1.45. The van der Waals surface area contributed by atoms with Crippen LogP contribution >= 0.6 is 0 Å². The Kier molecular flexibility index (Phi) is 3.22. The summed E-state index contributed by atoms with van der Waals surface area (Å²) >= 11 is 0. The molecule has 0 unspecified atom stereocenters. The van der Waals surface area contributed by atoms with Crippen LogP contribution < -0.4 is 10.6 Å². The highest BCUT2D eigenvalue weighted by Gasteiger charge is 2.38. The van der Waals surface area contributed by atoms with Gasteiger partial charge in [0.1, 0.15) is 18.0 Å². The van der Waals surface area contributed by atoms with Crippen LogP contribution in [0, 0.1) is 0 Å². The SMILES string of the molecule is CCNc1ncnc(NC2(C)CC2)c1C(C)C. The molecule has 94 valence electrons. The van der Waals surface area contributed by atoms with E-state index in [-0.39, 0.29) is 5.54 Å². The summed E-state index contributed by atoms with van der Waals surface area (Å²) in [7, 11) is 0. The maximum atomic E-state index is 4.41. The van der Waals surface area contributed by atoms with Crippen molar-refractivity contribution in [2.75, 3.05) is 17.2 Å². The molecule has 1 aromatic rings. The lowest BCUT2D eigenvalue weighted by atomic mass is 10.0. The van der Waals surface area contributed by atoms with Gasteiger partial charge in [-0.2, -0.15) is 0 Å². The average Bonchev–Trinajstić information content (AvgIpc) is 2.96. The number of nitrogens with one attached hydrogen (secondary N) is 2. The maximum Gasteiger partial charge on any atom is 0.135 e. The smallest absolute Gasteiger partial charge is 0.135 e. The van der Waals surface area contributed by atoms with Gasteiger partial charge in [-0.15, -0.1) is 0 Å². The zero-order valence-electron chi connectivity index (χ0n) is 11.2. The van der Waals surface area contributed by atoms with Crippen molar-refractivity contribution in [3.8, 4) is 0 Å². The fourth-order valence-corrected chi connectivity index (χ4v) is 1.95. The molecule has 1 aliphatic carbocycles. The average molecular weight is 234 g/mol. The number of hydrogen-bond donors (Lipinski definition) is 2. The quantitative estimate of drug-likeness (QED) is 0.822. The van der Waals surface area contributed by atoms with Crippen LogP contribution in [0.1, 0.15) is 52.0 Å². The molecule has 0 amide bonds. The Morgan fingerprint density at radius 3 is 2.47 bits per heavy atom. The predicted octanol–water partition coefficient (Wildman–Crippen LogP) is 3.00. The highest BCUT2D eigenvalue weighted by Crippen LogP contribution is 2.40. The second kappa shape index (κ2) is 4.51. The Morgan fingerprint density at radius 2 is 1.94 bits per heavy atom. The number of anilines is 2. The monoisotopic (exact) mass is 234 g/mol. The van der Waals surface area contributed by atoms with E-state index in [4.69, 9.17) is 0 Å². The first-order valence-corrected chi connectivity index (χ1v) is 6.42. The van der Waals surface area contributed by atoms with Gasteiger partial charge in [0.25, 0.3) is 0 Å². The van der Waals surface area contributed by atoms with Gasteiger partial charge in [-0.25, -0.2) is 9.97 Å². The van der Waals surface area contributed by atoms with Gasteiger partial charge in [0, 0.05) is 17.6 Å². The van der Waals surface area contributed by atoms with Gasteiger partial charge in [-0.05, 0) is 32.6 Å². The van der Waals surface area contributed by atoms with Gasteiger partial charge in [0.05, 0.1) is 0 Å². The van der Waals surface area contributed by atoms with Crippen molar-refractivity contribution in [1.29, 1.82) is 0 Å². The Hall–Kier alpha value is -1.32. The summed E-state index contributed by atoms with van der Waals surface area (Å²) in [6.45, 7) is 9.57. The molecule has 4 heteroatoms. The molecule has 0 saturated heterocycles. The number of nitrogens with zero attached hydrogens (tertiary/aromatic N) is 2. The lowest BCUT2D eigenvalue weighted by molar-refractivity contribution is 0.792. The van der Waals surface area contributed by atoms with Crippen LogP contribution in [0.25, 0.3) is 0 Å². The normalized spacial score (nSPS) is 17.0. The molecule has 0 atom stereocenters. The Labute approximate surface area is 103 Å². The molecule has 0 radical (unpaired) electrons. The van der Waals surface area contributed by atoms with E-state index in [0.29, 0.717) is 5.92 Å². The van der Waals surface area contributed by atoms with E-state index in [0.717, 1.165) is 18.2 Å². The standard InChI is InChI=1S/C13H22N4/c1-5-14-11-10(9(2)3)12(16-8-15-11)17-13(4)6-7-13/h8-9H,5-7H2,1-4H3,(H2,14,15,16,17). The largest absolute Gasteiger partial charge is 0.370 e. The Bertz CT molecular complexity index is 396. The van der Waals surface area contributed by atoms with Crippen molar-refractivity contribution < 1.29 is 0 Å². The van der Waals surface area contributed by atoms with Crippen LogP contribution in [0.2, 0.25) is 0 Å². The van der Waals surface area contributed by atoms with Crippen LogP contribution in [0.15, 0.2) is 6.33 Å². The summed E-state index contributed by atoms with van der Waals surface area (Å²) in [6, 6.07) is 0. The van der Waals surface area contributed by atoms with Gasteiger partial charge < -0.3 is 10.6 Å². The first-order chi connectivity index (χ1) is 8.06. The minimum absolute atomic E-state index is 0.251. The molecule has 2 N–H and O–H groups in total. The van der Waals surface area contributed by atoms with Gasteiger partial charge in [0.15, 0.2) is 0 Å². The molecular weight excluding hydrogens is 212 g/mol. The van der Waals surface area contributed by atoms with Crippen LogP contribution in [-0.2, 0) is 0 Å². The number of hydrogen-bond acceptors (Lipinski definition) is 4. The van der Waals surface area contributed by atoms with Gasteiger partial charge in [-0.3, -0.25) is 0 Å². The molecule has 0 aliphatic heterocycles. The molecule has 2 rings (SSSR count). The van der Waals surface area contributed by atoms with Gasteiger partial charge >= 0.3 is 0 Å². The van der Waals surface area contributed by atoms with Crippen LogP contribution in [0.3, 0.4) is 0 Å². The third kappa shape index (κ3) is 2.68. The Morgan fingerprint density at radius 1 is 1.29 bits per heavy atom. The summed E-state index contributed by atoms with van der Waals surface area (Å²) in [6.07, 6.45) is 4.09. The van der Waals surface area contributed by atoms with E-state index in [1.807, 2.05) is 0 Å². The summed E-state index contributed by atoms with van der Waals surface area (Å²) < 4.78 is 0. The third-order valence-corrected chi connectivity index (χ3v) is 3.23. The van der Waals surface area contributed by atoms with E-state index in [1.165, 1.54) is 18.4 Å². The molecule has 17 heavy (non-hydrogen) atoms. The number of rotatable bonds is 5. The van der Waals surface area contributed by atoms with E-state index in [2.05, 4.69) is 48.3 Å². The van der Waals surface area contributed by atoms with Crippen molar-refractivity contribution >= 4 is 11.6 Å². The van der Waals surface area contributed by atoms with E-state index >= 15 is 0 Å². The molecule has 4 nitrogen and oxygen atoms in total. The third-order valence-electron chi connectivity index (χ3n) is 3.23. The molecule has 0 aromatic carbocycles. The summed E-state index contributed by atoms with van der Waals surface area (Å²) in [5.74, 6) is 2.37. The van der Waals surface area contributed by atoms with E-state index in [9.17, 15) is 0 Å². The lowest BCUT2D eigenvalue weighted by Crippen LogP contribution is -2.20. The van der Waals surface area contributed by atoms with E-state index < -0.39 is 0 Å². The van der Waals surface area contributed by atoms with Crippen LogP contribution in [-0.4, -0.2) is 22.1 Å². The summed E-state index contributed by atoms with van der Waals surface area (Å²) in [5, 5.41) is 6.86. The molecule has 0 spiro atoms. The molecule has 1 aliphatic rings. The maximum absolute atomic E-state index is 4.41. The first kappa shape index (κ1) is 12.1. The second-order valence-corrected chi connectivity index (χ2v) is 5.36. The van der Waals surface area contributed by atoms with Crippen LogP contribution in [0.5, 0.6) is 0 Å². The van der Waals surface area contributed by atoms with Crippen molar-refractivity contribution in [3.63, 3.8) is 0 Å². The second-order valence-electron chi connectivity index (χ2n) is 5.36. The minimum atomic E-state index is 0.251. The fraction of sp³-hybridized carbons (Fsp3) is 0.692. The van der Waals surface area contributed by atoms with Crippen molar-refractivity contribution in [2.24, 2.45) is 0 Å². The molecule has 1 fully saturated rings. The highest BCUT2D eigenvalue weighted by molar-refractivity contribution is 5.60. The molecular formula is C13H22N4. The fourth-order valence-electron chi connectivity index (χ4n) is 1.95. The predicted molar refractivity (Wildman–Crippen MR) is 71.5 cm³/mol. The molecule has 0 bridgehead atoms. The summed E-state index contributed by atoms with van der Waals surface area (Å²) in [4.78, 5) is 8.74. The van der Waals surface area contributed by atoms with Gasteiger partial charge in [-0.1, -0.05) is 13.8 Å². The Balaban J connectivity index is 2.32. The zero-order valence-corrected chi connectivity index (χ0v) is 11.2. The van der Waals surface area contributed by atoms with Crippen molar-refractivity contribution in [3.05, 3.63) is 11.9 Å². The highest BCUT2D eigenvalue weighted by atomic mass is 15.1. The first-order valence-electron chi connectivity index (χ1n) is 6.42. The minimum Gasteiger partial charge on any atom is -0.370 e. The van der Waals surface area contributed by atoms with E-state index in [1.54, 1.807) is 6.33 Å². The van der Waals surface area contributed by atoms with Crippen molar-refractivity contribution in [2.45, 2.75) is 52.0 Å². The molecule has 1 saturated carbocycles. The molecule has 1 heterocycles. The van der Waals surface area contributed by atoms with Crippen molar-refractivity contribution in [1.82, 2.24) is 9.97 Å². The lowest BCUT2D eigenvalue weighted by Gasteiger charge is -2.20.